The number of imidazole rings is 1. The summed E-state index contributed by atoms with van der Waals surface area (Å²) < 4.78 is 44.3. The van der Waals surface area contributed by atoms with E-state index in [1.54, 1.807) is 25.1 Å². The molecular weight excluding hydrogens is 441 g/mol. The number of fused-ring (bicyclic) bond motifs is 1. The minimum Gasteiger partial charge on any atom is -0.351 e. The zero-order valence-corrected chi connectivity index (χ0v) is 17.6. The van der Waals surface area contributed by atoms with E-state index in [4.69, 9.17) is 15.7 Å². The third-order valence-corrected chi connectivity index (χ3v) is 4.94. The molecule has 1 unspecified atom stereocenters. The Morgan fingerprint density at radius 1 is 1.33 bits per heavy atom. The molecule has 10 nitrogen and oxygen atoms in total. The van der Waals surface area contributed by atoms with E-state index in [9.17, 15) is 22.8 Å². The first-order chi connectivity index (χ1) is 15.5. The lowest BCUT2D eigenvalue weighted by Gasteiger charge is -2.44. The highest BCUT2D eigenvalue weighted by Gasteiger charge is 2.49. The van der Waals surface area contributed by atoms with Gasteiger partial charge in [0.1, 0.15) is 17.6 Å². The van der Waals surface area contributed by atoms with Crippen LogP contribution in [0.25, 0.3) is 11.0 Å². The molecule has 4 radical (unpaired) electrons. The molecule has 0 aliphatic carbocycles. The molecule has 0 fully saturated rings. The largest absolute Gasteiger partial charge is 0.404 e. The fourth-order valence-electron chi connectivity index (χ4n) is 3.26. The Morgan fingerprint density at radius 2 is 2.06 bits per heavy atom. The van der Waals surface area contributed by atoms with Crippen molar-refractivity contribution in [2.24, 2.45) is 0 Å². The molecule has 3 N–H and O–H groups in total. The topological polar surface area (TPSA) is 129 Å². The lowest BCUT2D eigenvalue weighted by atomic mass is 9.56. The van der Waals surface area contributed by atoms with Crippen molar-refractivity contribution < 1.29 is 27.4 Å². The first-order valence-corrected chi connectivity index (χ1v) is 9.56. The summed E-state index contributed by atoms with van der Waals surface area (Å²) in [7, 11) is 12.5. The number of hydrogen-bond donors (Lipinski definition) is 3. The molecular formula is C18H18B2F3N7O3. The van der Waals surface area contributed by atoms with E-state index in [1.807, 2.05) is 5.32 Å². The monoisotopic (exact) mass is 459 g/mol. The maximum Gasteiger partial charge on any atom is 0.404 e. The van der Waals surface area contributed by atoms with Gasteiger partial charge in [-0.25, -0.2) is 9.61 Å². The number of H-pyrrole nitrogens is 1. The molecule has 2 heterocycles. The highest BCUT2D eigenvalue weighted by molar-refractivity contribution is 6.41. The molecule has 3 aromatic rings. The molecule has 0 spiro atoms. The molecule has 3 rings (SSSR count). The molecule has 0 saturated heterocycles. The van der Waals surface area contributed by atoms with Crippen molar-refractivity contribution in [3.05, 3.63) is 41.0 Å². The van der Waals surface area contributed by atoms with Gasteiger partial charge in [0.2, 0.25) is 6.41 Å². The molecule has 1 atom stereocenters. The second-order valence-corrected chi connectivity index (χ2v) is 7.30. The standard InChI is InChI=1S/C18H18B2F3N7O3/c1-9-14(29-33-28-9)15(32)25-6-13-26-11-4-3-10(5-12(11)27-13)7-30(8-31)17(19,20)16(24-2)18(21,22)23/h3-5,8,16,24H,6-7H2,1-2H3,(H,25,32)(H,26,27). The van der Waals surface area contributed by atoms with Crippen LogP contribution in [0.2, 0.25) is 0 Å². The van der Waals surface area contributed by atoms with Crippen LogP contribution in [0.15, 0.2) is 22.8 Å². The average molecular weight is 459 g/mol. The zero-order valence-electron chi connectivity index (χ0n) is 17.6. The lowest BCUT2D eigenvalue weighted by molar-refractivity contribution is -0.168. The number of aromatic amines is 1. The summed E-state index contributed by atoms with van der Waals surface area (Å²) in [5, 5.41) is 9.13. The quantitative estimate of drug-likeness (QED) is 0.310. The Bertz CT molecular complexity index is 1150. The van der Waals surface area contributed by atoms with Crippen LogP contribution < -0.4 is 10.6 Å². The van der Waals surface area contributed by atoms with E-state index in [2.05, 4.69) is 30.2 Å². The number of halogens is 3. The third-order valence-electron chi connectivity index (χ3n) is 4.94. The van der Waals surface area contributed by atoms with Crippen LogP contribution in [0.5, 0.6) is 0 Å². The van der Waals surface area contributed by atoms with Crippen LogP contribution >= 0.6 is 0 Å². The number of rotatable bonds is 9. The third kappa shape index (κ3) is 5.18. The molecule has 1 aromatic carbocycles. The van der Waals surface area contributed by atoms with Gasteiger partial charge in [-0.2, -0.15) is 13.2 Å². The van der Waals surface area contributed by atoms with Crippen molar-refractivity contribution in [3.8, 4) is 0 Å². The van der Waals surface area contributed by atoms with Crippen LogP contribution in [0.3, 0.4) is 0 Å². The predicted octanol–water partition coefficient (Wildman–Crippen LogP) is 0.284. The smallest absolute Gasteiger partial charge is 0.351 e. The van der Waals surface area contributed by atoms with Gasteiger partial charge >= 0.3 is 6.18 Å². The molecule has 170 valence electrons. The number of alkyl halides is 3. The van der Waals surface area contributed by atoms with Gasteiger partial charge in [-0.3, -0.25) is 9.59 Å². The number of nitrogens with one attached hydrogen (secondary N) is 3. The maximum absolute atomic E-state index is 13.3. The van der Waals surface area contributed by atoms with Crippen LogP contribution in [0.4, 0.5) is 13.2 Å². The van der Waals surface area contributed by atoms with E-state index in [0.717, 1.165) is 7.05 Å². The maximum atomic E-state index is 13.3. The van der Waals surface area contributed by atoms with E-state index >= 15 is 0 Å². The van der Waals surface area contributed by atoms with Crippen LogP contribution in [-0.4, -0.2) is 77.8 Å². The Hall–Kier alpha value is -3.35. The number of benzene rings is 1. The van der Waals surface area contributed by atoms with Gasteiger partial charge in [0.05, 0.1) is 33.3 Å². The molecule has 2 aromatic heterocycles. The first kappa shape index (κ1) is 24.3. The number of nitrogens with zero attached hydrogens (tertiary/aromatic N) is 4. The number of hydrogen-bond acceptors (Lipinski definition) is 7. The fraction of sp³-hybridized carbons (Fsp3) is 0.389. The zero-order chi connectivity index (χ0) is 24.4. The van der Waals surface area contributed by atoms with Gasteiger partial charge in [0, 0.05) is 6.54 Å². The van der Waals surface area contributed by atoms with Crippen LogP contribution in [0.1, 0.15) is 27.6 Å². The Labute approximate surface area is 188 Å². The number of likely N-dealkylation sites (N-methyl/N-ethyl adjacent to an activating group) is 1. The first-order valence-electron chi connectivity index (χ1n) is 9.56. The van der Waals surface area contributed by atoms with Gasteiger partial charge in [0.25, 0.3) is 5.91 Å². The van der Waals surface area contributed by atoms with Crippen molar-refractivity contribution in [2.75, 3.05) is 7.05 Å². The van der Waals surface area contributed by atoms with Crippen LogP contribution in [0, 0.1) is 6.92 Å². The van der Waals surface area contributed by atoms with E-state index in [-0.39, 0.29) is 25.2 Å². The second kappa shape index (κ2) is 9.25. The second-order valence-electron chi connectivity index (χ2n) is 7.30. The minimum absolute atomic E-state index is 0.0414. The van der Waals surface area contributed by atoms with Crippen molar-refractivity contribution in [3.63, 3.8) is 0 Å². The molecule has 0 aliphatic heterocycles. The summed E-state index contributed by atoms with van der Waals surface area (Å²) in [6.07, 6.45) is -4.62. The van der Waals surface area contributed by atoms with Gasteiger partial charge in [-0.05, 0) is 42.2 Å². The summed E-state index contributed by atoms with van der Waals surface area (Å²) in [6.45, 7) is 1.32. The number of carbonyl (C=O) groups excluding carboxylic acids is 2. The lowest BCUT2D eigenvalue weighted by Crippen LogP contribution is -2.66. The van der Waals surface area contributed by atoms with E-state index in [1.165, 1.54) is 0 Å². The van der Waals surface area contributed by atoms with Crippen molar-refractivity contribution in [1.29, 1.82) is 0 Å². The number of aryl methyl sites for hydroxylation is 1. The summed E-state index contributed by atoms with van der Waals surface area (Å²) in [4.78, 5) is 31.6. The summed E-state index contributed by atoms with van der Waals surface area (Å²) in [6, 6.07) is 2.41. The number of amides is 2. The molecule has 0 bridgehead atoms. The van der Waals surface area contributed by atoms with Gasteiger partial charge in [-0.15, -0.1) is 0 Å². The molecule has 0 saturated carbocycles. The minimum atomic E-state index is -4.78. The summed E-state index contributed by atoms with van der Waals surface area (Å²) in [5.74, 6) is -0.0846. The molecule has 2 amide bonds. The Morgan fingerprint density at radius 3 is 2.64 bits per heavy atom. The average Bonchev–Trinajstić information content (AvgIpc) is 3.34. The van der Waals surface area contributed by atoms with E-state index < -0.39 is 23.5 Å². The molecule has 0 aliphatic rings. The van der Waals surface area contributed by atoms with Gasteiger partial charge < -0.3 is 20.5 Å². The number of carbonyl (C=O) groups is 2. The van der Waals surface area contributed by atoms with Crippen molar-refractivity contribution in [1.82, 2.24) is 35.8 Å². The number of aromatic nitrogens is 4. The highest BCUT2D eigenvalue weighted by Crippen LogP contribution is 2.29. The SMILES string of the molecule is [B]C([B])(C(NC)C(F)(F)F)N(C=O)Cc1ccc2nc(CNC(=O)c3nonc3C)[nH]c2c1. The highest BCUT2D eigenvalue weighted by atomic mass is 19.4. The Kier molecular flexibility index (Phi) is 6.81. The molecule has 15 heteroatoms. The predicted molar refractivity (Wildman–Crippen MR) is 111 cm³/mol. The van der Waals surface area contributed by atoms with Gasteiger partial charge in [-0.1, -0.05) is 11.2 Å². The van der Waals surface area contributed by atoms with E-state index in [0.29, 0.717) is 33.0 Å². The van der Waals surface area contributed by atoms with Crippen LogP contribution in [-0.2, 0) is 17.9 Å². The summed E-state index contributed by atoms with van der Waals surface area (Å²) >= 11 is 0. The fourth-order valence-corrected chi connectivity index (χ4v) is 3.26. The van der Waals surface area contributed by atoms with Crippen molar-refractivity contribution >= 4 is 39.0 Å². The van der Waals surface area contributed by atoms with Crippen molar-refractivity contribution in [2.45, 2.75) is 37.6 Å². The normalized spacial score (nSPS) is 13.1. The Balaban J connectivity index is 1.74. The van der Waals surface area contributed by atoms with Gasteiger partial charge in [0.15, 0.2) is 5.69 Å². The summed E-state index contributed by atoms with van der Waals surface area (Å²) in [5.41, 5.74) is 1.91. The molecule has 33 heavy (non-hydrogen) atoms.